The van der Waals surface area contributed by atoms with Crippen LogP contribution in [0.1, 0.15) is 27.6 Å². The van der Waals surface area contributed by atoms with E-state index in [1.807, 2.05) is 60.7 Å². The number of aryl methyl sites for hydroxylation is 1. The van der Waals surface area contributed by atoms with Gasteiger partial charge in [-0.05, 0) is 35.4 Å². The van der Waals surface area contributed by atoms with E-state index in [1.54, 1.807) is 13.0 Å². The van der Waals surface area contributed by atoms with Crippen LogP contribution in [0.4, 0.5) is 0 Å². The minimum atomic E-state index is -0.349. The van der Waals surface area contributed by atoms with Crippen molar-refractivity contribution in [2.75, 3.05) is 0 Å². The summed E-state index contributed by atoms with van der Waals surface area (Å²) in [5, 5.41) is 6.00. The molecule has 0 unspecified atom stereocenters. The molecule has 0 N–H and O–H groups in total. The van der Waals surface area contributed by atoms with Gasteiger partial charge in [0.2, 0.25) is 5.89 Å². The van der Waals surface area contributed by atoms with Crippen molar-refractivity contribution in [3.05, 3.63) is 89.6 Å². The molecule has 0 aliphatic carbocycles. The van der Waals surface area contributed by atoms with E-state index in [-0.39, 0.29) is 12.6 Å². The van der Waals surface area contributed by atoms with E-state index >= 15 is 0 Å². The second-order valence-electron chi connectivity index (χ2n) is 6.23. The van der Waals surface area contributed by atoms with Crippen molar-refractivity contribution in [2.45, 2.75) is 24.2 Å². The first-order chi connectivity index (χ1) is 13.7. The van der Waals surface area contributed by atoms with Crippen LogP contribution in [0.5, 0.6) is 0 Å². The molecule has 5 nitrogen and oxygen atoms in total. The summed E-state index contributed by atoms with van der Waals surface area (Å²) in [6, 6.07) is 21.4. The summed E-state index contributed by atoms with van der Waals surface area (Å²) in [4.78, 5) is 17.7. The summed E-state index contributed by atoms with van der Waals surface area (Å²) in [5.74, 6) is 1.27. The van der Waals surface area contributed by atoms with Crippen molar-refractivity contribution in [3.8, 4) is 0 Å². The molecule has 0 radical (unpaired) electrons. The number of ether oxygens (including phenoxy) is 1. The molecule has 1 heterocycles. The Bertz CT molecular complexity index is 1120. The van der Waals surface area contributed by atoms with Crippen LogP contribution in [0, 0.1) is 6.92 Å². The number of benzene rings is 3. The zero-order valence-corrected chi connectivity index (χ0v) is 16.1. The minimum Gasteiger partial charge on any atom is -0.457 e. The van der Waals surface area contributed by atoms with E-state index in [1.165, 1.54) is 11.8 Å². The Kier molecular flexibility index (Phi) is 5.39. The third kappa shape index (κ3) is 4.07. The lowest BCUT2D eigenvalue weighted by Gasteiger charge is -2.10. The number of hydrogen-bond donors (Lipinski definition) is 0. The van der Waals surface area contributed by atoms with Gasteiger partial charge in [-0.25, -0.2) is 4.79 Å². The largest absolute Gasteiger partial charge is 0.457 e. The Morgan fingerprint density at radius 3 is 2.68 bits per heavy atom. The second kappa shape index (κ2) is 8.27. The number of hydrogen-bond acceptors (Lipinski definition) is 6. The van der Waals surface area contributed by atoms with Crippen molar-refractivity contribution >= 4 is 28.5 Å². The lowest BCUT2D eigenvalue weighted by molar-refractivity contribution is 0.0470. The number of thioether (sulfide) groups is 1. The lowest BCUT2D eigenvalue weighted by Crippen LogP contribution is -2.07. The highest BCUT2D eigenvalue weighted by Gasteiger charge is 2.15. The number of rotatable bonds is 6. The molecule has 0 spiro atoms. The first-order valence-corrected chi connectivity index (χ1v) is 9.84. The predicted octanol–water partition coefficient (Wildman–Crippen LogP) is 5.18. The molecule has 0 amide bonds. The molecule has 0 aliphatic heterocycles. The van der Waals surface area contributed by atoms with E-state index in [9.17, 15) is 4.79 Å². The first-order valence-electron chi connectivity index (χ1n) is 8.85. The summed E-state index contributed by atoms with van der Waals surface area (Å²) in [6.07, 6.45) is 0. The molecule has 4 aromatic rings. The predicted molar refractivity (Wildman–Crippen MR) is 108 cm³/mol. The number of nitrogens with zero attached hydrogens (tertiary/aromatic N) is 2. The van der Waals surface area contributed by atoms with Gasteiger partial charge < -0.3 is 9.26 Å². The van der Waals surface area contributed by atoms with Gasteiger partial charge in [0.15, 0.2) is 5.82 Å². The van der Waals surface area contributed by atoms with Crippen molar-refractivity contribution < 1.29 is 14.1 Å². The molecule has 6 heteroatoms. The normalized spacial score (nSPS) is 10.9. The van der Waals surface area contributed by atoms with E-state index < -0.39 is 0 Å². The van der Waals surface area contributed by atoms with Crippen LogP contribution in [-0.4, -0.2) is 16.1 Å². The van der Waals surface area contributed by atoms with Gasteiger partial charge in [0, 0.05) is 4.90 Å². The average molecular weight is 390 g/mol. The van der Waals surface area contributed by atoms with Crippen LogP contribution in [0.15, 0.2) is 76.1 Å². The van der Waals surface area contributed by atoms with Gasteiger partial charge in [-0.3, -0.25) is 0 Å². The number of aromatic nitrogens is 2. The first kappa shape index (κ1) is 18.3. The fraction of sp³-hybridized carbons (Fsp3) is 0.136. The average Bonchev–Trinajstić information content (AvgIpc) is 3.16. The fourth-order valence-corrected chi connectivity index (χ4v) is 3.82. The third-order valence-electron chi connectivity index (χ3n) is 4.27. The topological polar surface area (TPSA) is 65.2 Å². The van der Waals surface area contributed by atoms with Gasteiger partial charge in [-0.15, -0.1) is 11.8 Å². The van der Waals surface area contributed by atoms with Gasteiger partial charge in [0.25, 0.3) is 0 Å². The molecule has 0 bridgehead atoms. The standard InChI is InChI=1S/C22H18N2O3S/c1-15-23-21(27-24-15)14-28-20-12-5-4-11-19(20)22(25)26-13-17-9-6-8-16-7-2-3-10-18(16)17/h2-12H,13-14H2,1H3. The van der Waals surface area contributed by atoms with Gasteiger partial charge in [-0.1, -0.05) is 59.8 Å². The van der Waals surface area contributed by atoms with Crippen LogP contribution in [0.3, 0.4) is 0 Å². The van der Waals surface area contributed by atoms with Crippen LogP contribution < -0.4 is 0 Å². The van der Waals surface area contributed by atoms with Crippen LogP contribution in [0.25, 0.3) is 10.8 Å². The molecule has 0 saturated heterocycles. The maximum absolute atomic E-state index is 12.7. The van der Waals surface area contributed by atoms with Crippen LogP contribution in [-0.2, 0) is 17.1 Å². The Balaban J connectivity index is 1.47. The van der Waals surface area contributed by atoms with Crippen molar-refractivity contribution in [1.29, 1.82) is 0 Å². The zero-order chi connectivity index (χ0) is 19.3. The number of fused-ring (bicyclic) bond motifs is 1. The maximum Gasteiger partial charge on any atom is 0.339 e. The highest BCUT2D eigenvalue weighted by Crippen LogP contribution is 2.27. The summed E-state index contributed by atoms with van der Waals surface area (Å²) in [7, 11) is 0. The Morgan fingerprint density at radius 1 is 1.04 bits per heavy atom. The van der Waals surface area contributed by atoms with Crippen molar-refractivity contribution in [2.24, 2.45) is 0 Å². The monoisotopic (exact) mass is 390 g/mol. The molecule has 0 aliphatic rings. The SMILES string of the molecule is Cc1noc(CSc2ccccc2C(=O)OCc2cccc3ccccc23)n1. The van der Waals surface area contributed by atoms with Gasteiger partial charge >= 0.3 is 5.97 Å². The van der Waals surface area contributed by atoms with E-state index in [4.69, 9.17) is 9.26 Å². The quantitative estimate of drug-likeness (QED) is 0.334. The van der Waals surface area contributed by atoms with E-state index in [0.717, 1.165) is 21.2 Å². The number of carbonyl (C=O) groups excluding carboxylic acids is 1. The second-order valence-corrected chi connectivity index (χ2v) is 7.25. The van der Waals surface area contributed by atoms with Crippen LogP contribution in [0.2, 0.25) is 0 Å². The van der Waals surface area contributed by atoms with Crippen molar-refractivity contribution in [1.82, 2.24) is 10.1 Å². The Labute approximate surface area is 166 Å². The molecule has 3 aromatic carbocycles. The molecule has 4 rings (SSSR count). The fourth-order valence-electron chi connectivity index (χ4n) is 2.94. The summed E-state index contributed by atoms with van der Waals surface area (Å²) < 4.78 is 10.7. The van der Waals surface area contributed by atoms with Crippen molar-refractivity contribution in [3.63, 3.8) is 0 Å². The molecule has 0 saturated carbocycles. The molecule has 1 aromatic heterocycles. The highest BCUT2D eigenvalue weighted by molar-refractivity contribution is 7.98. The molecular weight excluding hydrogens is 372 g/mol. The Morgan fingerprint density at radius 2 is 1.82 bits per heavy atom. The van der Waals surface area contributed by atoms with Gasteiger partial charge in [0.1, 0.15) is 6.61 Å². The molecule has 0 fully saturated rings. The summed E-state index contributed by atoms with van der Waals surface area (Å²) in [6.45, 7) is 2.00. The van der Waals surface area contributed by atoms with E-state index in [0.29, 0.717) is 23.0 Å². The molecular formula is C22H18N2O3S. The molecule has 28 heavy (non-hydrogen) atoms. The number of esters is 1. The lowest BCUT2D eigenvalue weighted by atomic mass is 10.1. The van der Waals surface area contributed by atoms with E-state index in [2.05, 4.69) is 10.1 Å². The molecule has 0 atom stereocenters. The summed E-state index contributed by atoms with van der Waals surface area (Å²) in [5.41, 5.74) is 1.52. The summed E-state index contributed by atoms with van der Waals surface area (Å²) >= 11 is 1.47. The molecule has 140 valence electrons. The Hall–Kier alpha value is -3.12. The highest BCUT2D eigenvalue weighted by atomic mass is 32.2. The minimum absolute atomic E-state index is 0.224. The van der Waals surface area contributed by atoms with Crippen LogP contribution >= 0.6 is 11.8 Å². The third-order valence-corrected chi connectivity index (χ3v) is 5.32. The van der Waals surface area contributed by atoms with Gasteiger partial charge in [-0.2, -0.15) is 4.98 Å². The smallest absolute Gasteiger partial charge is 0.339 e. The maximum atomic E-state index is 12.7. The van der Waals surface area contributed by atoms with Gasteiger partial charge in [0.05, 0.1) is 11.3 Å². The zero-order valence-electron chi connectivity index (χ0n) is 15.3. The number of carbonyl (C=O) groups is 1.